The molecule has 1 aliphatic heterocycles. The van der Waals surface area contributed by atoms with Crippen molar-refractivity contribution in [1.29, 1.82) is 0 Å². The second-order valence-electron chi connectivity index (χ2n) is 4.52. The Morgan fingerprint density at radius 3 is 2.94 bits per heavy atom. The van der Waals surface area contributed by atoms with Crippen LogP contribution in [-0.4, -0.2) is 23.5 Å². The Morgan fingerprint density at radius 2 is 2.33 bits per heavy atom. The molecular weight excluding hydrogens is 246 g/mol. The number of carbonyl (C=O) groups is 1. The van der Waals surface area contributed by atoms with Crippen LogP contribution < -0.4 is 16.4 Å². The maximum Gasteiger partial charge on any atom is 0.242 e. The van der Waals surface area contributed by atoms with Gasteiger partial charge in [0.05, 0.1) is 0 Å². The molecule has 1 saturated heterocycles. The number of piperidine rings is 1. The number of nitrogens with one attached hydrogen (secondary N) is 2. The van der Waals surface area contributed by atoms with Crippen LogP contribution >= 0.6 is 12.2 Å². The highest BCUT2D eigenvalue weighted by Gasteiger charge is 2.21. The topological polar surface area (TPSA) is 67.1 Å². The SMILES string of the molecule is Cc1cc(NC2CCCNC2=O)ccc1C(N)=S. The summed E-state index contributed by atoms with van der Waals surface area (Å²) in [4.78, 5) is 12.0. The van der Waals surface area contributed by atoms with Crippen LogP contribution in [0.25, 0.3) is 0 Å². The lowest BCUT2D eigenvalue weighted by atomic mass is 10.0. The third-order valence-electron chi connectivity index (χ3n) is 3.12. The third kappa shape index (κ3) is 2.79. The Hall–Kier alpha value is -1.62. The first kappa shape index (κ1) is 12.8. The number of anilines is 1. The molecule has 1 atom stereocenters. The van der Waals surface area contributed by atoms with Crippen molar-refractivity contribution in [2.45, 2.75) is 25.8 Å². The smallest absolute Gasteiger partial charge is 0.242 e. The number of benzene rings is 1. The van der Waals surface area contributed by atoms with Gasteiger partial charge in [-0.1, -0.05) is 12.2 Å². The van der Waals surface area contributed by atoms with Crippen molar-refractivity contribution in [1.82, 2.24) is 5.32 Å². The highest BCUT2D eigenvalue weighted by Crippen LogP contribution is 2.18. The fourth-order valence-corrected chi connectivity index (χ4v) is 2.37. The number of rotatable bonds is 3. The molecule has 1 aromatic carbocycles. The zero-order chi connectivity index (χ0) is 13.1. The van der Waals surface area contributed by atoms with Gasteiger partial charge >= 0.3 is 0 Å². The lowest BCUT2D eigenvalue weighted by molar-refractivity contribution is -0.123. The van der Waals surface area contributed by atoms with E-state index in [1.807, 2.05) is 25.1 Å². The predicted molar refractivity (Wildman–Crippen MR) is 76.7 cm³/mol. The van der Waals surface area contributed by atoms with Gasteiger partial charge in [0.2, 0.25) is 5.91 Å². The van der Waals surface area contributed by atoms with Gasteiger partial charge in [0.15, 0.2) is 0 Å². The average Bonchev–Trinajstić information content (AvgIpc) is 2.32. The van der Waals surface area contributed by atoms with Crippen LogP contribution in [0.15, 0.2) is 18.2 Å². The minimum absolute atomic E-state index is 0.0670. The van der Waals surface area contributed by atoms with Crippen LogP contribution in [0.5, 0.6) is 0 Å². The predicted octanol–water partition coefficient (Wildman–Crippen LogP) is 1.32. The zero-order valence-corrected chi connectivity index (χ0v) is 11.1. The van der Waals surface area contributed by atoms with Gasteiger partial charge in [-0.2, -0.15) is 0 Å². The molecule has 18 heavy (non-hydrogen) atoms. The van der Waals surface area contributed by atoms with Crippen molar-refractivity contribution in [2.75, 3.05) is 11.9 Å². The van der Waals surface area contributed by atoms with Crippen molar-refractivity contribution in [3.63, 3.8) is 0 Å². The molecule has 1 aromatic rings. The summed E-state index contributed by atoms with van der Waals surface area (Å²) in [5.41, 5.74) is 8.44. The summed E-state index contributed by atoms with van der Waals surface area (Å²) in [6.45, 7) is 2.73. The van der Waals surface area contributed by atoms with Crippen molar-refractivity contribution in [3.8, 4) is 0 Å². The van der Waals surface area contributed by atoms with Crippen LogP contribution in [0.3, 0.4) is 0 Å². The lowest BCUT2D eigenvalue weighted by Gasteiger charge is -2.24. The van der Waals surface area contributed by atoms with Gasteiger partial charge in [-0.15, -0.1) is 0 Å². The summed E-state index contributed by atoms with van der Waals surface area (Å²) in [6.07, 6.45) is 1.87. The molecule has 4 nitrogen and oxygen atoms in total. The van der Waals surface area contributed by atoms with Crippen molar-refractivity contribution >= 4 is 28.8 Å². The molecule has 1 unspecified atom stereocenters. The largest absolute Gasteiger partial charge is 0.389 e. The first-order chi connectivity index (χ1) is 8.58. The Kier molecular flexibility index (Phi) is 3.81. The van der Waals surface area contributed by atoms with Crippen LogP contribution in [-0.2, 0) is 4.79 Å². The summed E-state index contributed by atoms with van der Waals surface area (Å²) >= 11 is 4.97. The number of hydrogen-bond donors (Lipinski definition) is 3. The summed E-state index contributed by atoms with van der Waals surface area (Å²) in [5, 5.41) is 6.10. The number of carbonyl (C=O) groups excluding carboxylic acids is 1. The molecule has 0 aromatic heterocycles. The van der Waals surface area contributed by atoms with E-state index < -0.39 is 0 Å². The minimum Gasteiger partial charge on any atom is -0.389 e. The van der Waals surface area contributed by atoms with Gasteiger partial charge in [-0.3, -0.25) is 4.79 Å². The molecule has 1 amide bonds. The van der Waals surface area contributed by atoms with Crippen LogP contribution in [0.4, 0.5) is 5.69 Å². The van der Waals surface area contributed by atoms with Gasteiger partial charge < -0.3 is 16.4 Å². The number of hydrogen-bond acceptors (Lipinski definition) is 3. The average molecular weight is 263 g/mol. The van der Waals surface area contributed by atoms with Crippen LogP contribution in [0.2, 0.25) is 0 Å². The first-order valence-electron chi connectivity index (χ1n) is 6.02. The van der Waals surface area contributed by atoms with Crippen molar-refractivity contribution < 1.29 is 4.79 Å². The highest BCUT2D eigenvalue weighted by molar-refractivity contribution is 7.80. The molecule has 1 heterocycles. The molecule has 1 fully saturated rings. The van der Waals surface area contributed by atoms with E-state index in [2.05, 4.69) is 10.6 Å². The molecule has 96 valence electrons. The van der Waals surface area contributed by atoms with E-state index >= 15 is 0 Å². The van der Waals surface area contributed by atoms with E-state index in [0.29, 0.717) is 4.99 Å². The molecule has 0 saturated carbocycles. The molecule has 1 aliphatic rings. The summed E-state index contributed by atoms with van der Waals surface area (Å²) in [7, 11) is 0. The van der Waals surface area contributed by atoms with Crippen LogP contribution in [0, 0.1) is 6.92 Å². The number of thiocarbonyl (C=S) groups is 1. The second-order valence-corrected chi connectivity index (χ2v) is 4.96. The Morgan fingerprint density at radius 1 is 1.56 bits per heavy atom. The van der Waals surface area contributed by atoms with Gasteiger partial charge in [-0.05, 0) is 43.5 Å². The van der Waals surface area contributed by atoms with E-state index in [9.17, 15) is 4.79 Å². The number of amides is 1. The van der Waals surface area contributed by atoms with E-state index in [-0.39, 0.29) is 11.9 Å². The fraction of sp³-hybridized carbons (Fsp3) is 0.385. The van der Waals surface area contributed by atoms with Gasteiger partial charge in [0, 0.05) is 17.8 Å². The Balaban J connectivity index is 2.12. The summed E-state index contributed by atoms with van der Waals surface area (Å²) in [5.74, 6) is 0.0670. The maximum absolute atomic E-state index is 11.6. The summed E-state index contributed by atoms with van der Waals surface area (Å²) < 4.78 is 0. The molecular formula is C13H17N3OS. The molecule has 0 radical (unpaired) electrons. The highest BCUT2D eigenvalue weighted by atomic mass is 32.1. The van der Waals surface area contributed by atoms with Gasteiger partial charge in [0.25, 0.3) is 0 Å². The normalized spacial score (nSPS) is 19.2. The zero-order valence-electron chi connectivity index (χ0n) is 10.3. The van der Waals surface area contributed by atoms with Crippen LogP contribution in [0.1, 0.15) is 24.0 Å². The number of nitrogens with two attached hydrogens (primary N) is 1. The molecule has 0 bridgehead atoms. The third-order valence-corrected chi connectivity index (χ3v) is 3.34. The monoisotopic (exact) mass is 263 g/mol. The number of aryl methyl sites for hydroxylation is 1. The quantitative estimate of drug-likeness (QED) is 0.720. The standard InChI is InChI=1S/C13H17N3OS/c1-8-7-9(4-5-10(8)12(14)18)16-11-3-2-6-15-13(11)17/h4-5,7,11,16H,2-3,6H2,1H3,(H2,14,18)(H,15,17). The van der Waals surface area contributed by atoms with Crippen molar-refractivity contribution in [3.05, 3.63) is 29.3 Å². The first-order valence-corrected chi connectivity index (χ1v) is 6.43. The van der Waals surface area contributed by atoms with E-state index in [4.69, 9.17) is 18.0 Å². The molecule has 0 spiro atoms. The van der Waals surface area contributed by atoms with E-state index in [1.165, 1.54) is 0 Å². The molecule has 2 rings (SSSR count). The van der Waals surface area contributed by atoms with Gasteiger partial charge in [-0.25, -0.2) is 0 Å². The molecule has 4 N–H and O–H groups in total. The minimum atomic E-state index is -0.145. The Bertz CT molecular complexity index is 487. The molecule has 0 aliphatic carbocycles. The van der Waals surface area contributed by atoms with E-state index in [0.717, 1.165) is 36.2 Å². The second kappa shape index (κ2) is 5.35. The van der Waals surface area contributed by atoms with Crippen molar-refractivity contribution in [2.24, 2.45) is 5.73 Å². The van der Waals surface area contributed by atoms with E-state index in [1.54, 1.807) is 0 Å². The lowest BCUT2D eigenvalue weighted by Crippen LogP contribution is -2.44. The summed E-state index contributed by atoms with van der Waals surface area (Å²) in [6, 6.07) is 5.62. The maximum atomic E-state index is 11.6. The Labute approximate surface area is 112 Å². The van der Waals surface area contributed by atoms with Gasteiger partial charge in [0.1, 0.15) is 11.0 Å². The fourth-order valence-electron chi connectivity index (χ4n) is 2.14. The molecule has 5 heteroatoms.